The molecule has 0 aliphatic carbocycles. The second kappa shape index (κ2) is 9.30. The highest BCUT2D eigenvalue weighted by molar-refractivity contribution is 6.29. The summed E-state index contributed by atoms with van der Waals surface area (Å²) in [7, 11) is 0. The van der Waals surface area contributed by atoms with Crippen LogP contribution in [0.1, 0.15) is 45.2 Å². The Kier molecular flexibility index (Phi) is 6.37. The molecule has 0 radical (unpaired) electrons. The molecule has 3 aliphatic heterocycles. The van der Waals surface area contributed by atoms with Crippen molar-refractivity contribution in [2.45, 2.75) is 51.6 Å². The van der Waals surface area contributed by atoms with E-state index in [1.807, 2.05) is 6.20 Å². The van der Waals surface area contributed by atoms with Gasteiger partial charge >= 0.3 is 0 Å². The van der Waals surface area contributed by atoms with Crippen molar-refractivity contribution in [3.8, 4) is 0 Å². The van der Waals surface area contributed by atoms with E-state index in [0.29, 0.717) is 17.1 Å². The molecule has 1 spiro atoms. The lowest BCUT2D eigenvalue weighted by atomic mass is 9.83. The highest BCUT2D eigenvalue weighted by atomic mass is 35.5. The quantitative estimate of drug-likeness (QED) is 0.669. The predicted molar refractivity (Wildman–Crippen MR) is 134 cm³/mol. The molecule has 3 aliphatic rings. The van der Waals surface area contributed by atoms with Gasteiger partial charge in [0.15, 0.2) is 0 Å². The molecule has 2 aromatic heterocycles. The van der Waals surface area contributed by atoms with Gasteiger partial charge in [0.2, 0.25) is 5.91 Å². The van der Waals surface area contributed by atoms with E-state index in [2.05, 4.69) is 56.0 Å². The van der Waals surface area contributed by atoms with Gasteiger partial charge in [-0.2, -0.15) is 0 Å². The normalized spacial score (nSPS) is 22.6. The molecule has 1 amide bonds. The maximum Gasteiger partial charge on any atom is 0.240 e. The number of rotatable bonds is 4. The highest BCUT2D eigenvalue weighted by Crippen LogP contribution is 2.32. The van der Waals surface area contributed by atoms with Crippen LogP contribution in [0, 0.1) is 5.41 Å². The summed E-state index contributed by atoms with van der Waals surface area (Å²) < 4.78 is 0. The van der Waals surface area contributed by atoms with Crippen LogP contribution in [0.2, 0.25) is 5.15 Å². The summed E-state index contributed by atoms with van der Waals surface area (Å²) in [4.78, 5) is 32.6. The molecule has 0 aromatic carbocycles. The first-order chi connectivity index (χ1) is 16.3. The fourth-order valence-corrected chi connectivity index (χ4v) is 5.48. The first-order valence-corrected chi connectivity index (χ1v) is 12.6. The van der Waals surface area contributed by atoms with Crippen molar-refractivity contribution in [3.63, 3.8) is 0 Å². The third-order valence-corrected chi connectivity index (χ3v) is 7.87. The van der Waals surface area contributed by atoms with Crippen LogP contribution in [0.15, 0.2) is 30.7 Å². The number of amides is 1. The topological polar surface area (TPSA) is 77.5 Å². The van der Waals surface area contributed by atoms with Gasteiger partial charge in [-0.1, -0.05) is 25.4 Å². The van der Waals surface area contributed by atoms with Crippen LogP contribution in [-0.4, -0.2) is 70.6 Å². The molecule has 2 aromatic rings. The molecule has 1 N–H and O–H groups in total. The molecular weight excluding hydrogens is 450 g/mol. The van der Waals surface area contributed by atoms with E-state index in [4.69, 9.17) is 16.6 Å². The number of anilines is 2. The molecule has 5 rings (SSSR count). The molecule has 0 bridgehead atoms. The van der Waals surface area contributed by atoms with Gasteiger partial charge in [-0.25, -0.2) is 9.97 Å². The third kappa shape index (κ3) is 5.28. The lowest BCUT2D eigenvalue weighted by molar-refractivity contribution is -0.123. The van der Waals surface area contributed by atoms with Gasteiger partial charge < -0.3 is 15.1 Å². The average Bonchev–Trinajstić information content (AvgIpc) is 2.81. The number of piperidine rings is 2. The summed E-state index contributed by atoms with van der Waals surface area (Å²) >= 11 is 6.04. The first-order valence-electron chi connectivity index (χ1n) is 12.3. The second-order valence-electron chi connectivity index (χ2n) is 10.8. The van der Waals surface area contributed by atoms with Gasteiger partial charge in [0, 0.05) is 32.2 Å². The van der Waals surface area contributed by atoms with Gasteiger partial charge in [-0.05, 0) is 56.3 Å². The van der Waals surface area contributed by atoms with Crippen LogP contribution in [0.3, 0.4) is 0 Å². The number of carbonyl (C=O) groups is 1. The Bertz CT molecular complexity index is 1010. The van der Waals surface area contributed by atoms with Crippen molar-refractivity contribution in [2.75, 3.05) is 49.1 Å². The zero-order valence-electron chi connectivity index (χ0n) is 20.1. The van der Waals surface area contributed by atoms with Crippen LogP contribution < -0.4 is 15.1 Å². The Morgan fingerprint density at radius 1 is 1.00 bits per heavy atom. The number of piperazine rings is 1. The molecule has 0 unspecified atom stereocenters. The van der Waals surface area contributed by atoms with E-state index < -0.39 is 0 Å². The number of likely N-dealkylation sites (tertiary alicyclic amines) is 1. The Morgan fingerprint density at radius 3 is 2.44 bits per heavy atom. The lowest BCUT2D eigenvalue weighted by Crippen LogP contribution is -2.66. The minimum Gasteiger partial charge on any atom is -0.359 e. The number of hydrogen-bond donors (Lipinski definition) is 1. The van der Waals surface area contributed by atoms with Crippen molar-refractivity contribution in [1.29, 1.82) is 0 Å². The maximum atomic E-state index is 12.7. The molecular formula is C25H34ClN7O. The second-order valence-corrected chi connectivity index (χ2v) is 11.2. The molecule has 3 fully saturated rings. The van der Waals surface area contributed by atoms with Gasteiger partial charge in [0.1, 0.15) is 17.3 Å². The predicted octanol–water partition coefficient (Wildman–Crippen LogP) is 3.12. The van der Waals surface area contributed by atoms with Gasteiger partial charge in [-0.3, -0.25) is 14.7 Å². The summed E-state index contributed by atoms with van der Waals surface area (Å²) in [5.74, 6) is 0.913. The van der Waals surface area contributed by atoms with Gasteiger partial charge in [0.05, 0.1) is 29.7 Å². The number of aromatic nitrogens is 3. The Morgan fingerprint density at radius 2 is 1.76 bits per heavy atom. The molecule has 3 saturated heterocycles. The SMILES string of the molecule is CC1(C)CCN(Cc2ccc(N3CC(=O)NC4(CCN(c5cc(Cl)ncn5)CC4)C3)cn2)CC1. The van der Waals surface area contributed by atoms with E-state index in [1.54, 1.807) is 6.07 Å². The smallest absolute Gasteiger partial charge is 0.240 e. The monoisotopic (exact) mass is 483 g/mol. The number of hydrogen-bond acceptors (Lipinski definition) is 7. The summed E-state index contributed by atoms with van der Waals surface area (Å²) in [6, 6.07) is 6.04. The van der Waals surface area contributed by atoms with E-state index in [0.717, 1.165) is 69.3 Å². The molecule has 182 valence electrons. The molecule has 5 heterocycles. The number of nitrogens with zero attached hydrogens (tertiary/aromatic N) is 6. The van der Waals surface area contributed by atoms with Crippen molar-refractivity contribution in [2.24, 2.45) is 5.41 Å². The van der Waals surface area contributed by atoms with Crippen molar-refractivity contribution < 1.29 is 4.79 Å². The molecule has 8 nitrogen and oxygen atoms in total. The largest absolute Gasteiger partial charge is 0.359 e. The highest BCUT2D eigenvalue weighted by Gasteiger charge is 2.41. The minimum absolute atomic E-state index is 0.0739. The number of halogens is 1. The van der Waals surface area contributed by atoms with Crippen LogP contribution in [0.4, 0.5) is 11.5 Å². The van der Waals surface area contributed by atoms with Crippen LogP contribution >= 0.6 is 11.6 Å². The first kappa shape index (κ1) is 23.3. The Labute approximate surface area is 206 Å². The molecule has 34 heavy (non-hydrogen) atoms. The Balaban J connectivity index is 1.21. The summed E-state index contributed by atoms with van der Waals surface area (Å²) in [5, 5.41) is 3.74. The fraction of sp³-hybridized carbons (Fsp3) is 0.600. The van der Waals surface area contributed by atoms with E-state index in [-0.39, 0.29) is 11.4 Å². The number of nitrogens with one attached hydrogen (secondary N) is 1. The number of pyridine rings is 1. The Hall–Kier alpha value is -2.45. The standard InChI is InChI=1S/C25H34ClN7O/c1-24(2)5-9-31(10-6-24)15-19-3-4-20(14-27-19)33-16-23(34)30-25(17-33)7-11-32(12-8-25)22-13-21(26)28-18-29-22/h3-4,13-14,18H,5-12,15-17H2,1-2H3,(H,30,34). The van der Waals surface area contributed by atoms with Gasteiger partial charge in [0.25, 0.3) is 0 Å². The maximum absolute atomic E-state index is 12.7. The third-order valence-electron chi connectivity index (χ3n) is 7.67. The van der Waals surface area contributed by atoms with Gasteiger partial charge in [-0.15, -0.1) is 0 Å². The lowest BCUT2D eigenvalue weighted by Gasteiger charge is -2.48. The fourth-order valence-electron chi connectivity index (χ4n) is 5.34. The zero-order chi connectivity index (χ0) is 23.8. The van der Waals surface area contributed by atoms with Crippen molar-refractivity contribution in [1.82, 2.24) is 25.2 Å². The number of carbonyl (C=O) groups excluding carboxylic acids is 1. The summed E-state index contributed by atoms with van der Waals surface area (Å²) in [6.45, 7) is 10.6. The molecule has 9 heteroatoms. The van der Waals surface area contributed by atoms with Crippen molar-refractivity contribution >= 4 is 29.0 Å². The van der Waals surface area contributed by atoms with Crippen LogP contribution in [0.5, 0.6) is 0 Å². The average molecular weight is 484 g/mol. The summed E-state index contributed by atoms with van der Waals surface area (Å²) in [6.07, 6.45) is 7.61. The van der Waals surface area contributed by atoms with Crippen molar-refractivity contribution in [3.05, 3.63) is 41.6 Å². The van der Waals surface area contributed by atoms with Crippen LogP contribution in [0.25, 0.3) is 0 Å². The molecule has 0 saturated carbocycles. The van der Waals surface area contributed by atoms with E-state index >= 15 is 0 Å². The van der Waals surface area contributed by atoms with E-state index in [1.165, 1.54) is 19.2 Å². The van der Waals surface area contributed by atoms with Crippen LogP contribution in [-0.2, 0) is 11.3 Å². The molecule has 0 atom stereocenters. The minimum atomic E-state index is -0.234. The van der Waals surface area contributed by atoms with E-state index in [9.17, 15) is 4.79 Å². The summed E-state index contributed by atoms with van der Waals surface area (Å²) in [5.41, 5.74) is 2.33. The zero-order valence-corrected chi connectivity index (χ0v) is 20.9.